The van der Waals surface area contributed by atoms with Crippen LogP contribution in [0.4, 0.5) is 29.5 Å². The molecule has 2 aromatic rings. The van der Waals surface area contributed by atoms with E-state index in [9.17, 15) is 23.1 Å². The highest BCUT2D eigenvalue weighted by Crippen LogP contribution is 2.35. The highest BCUT2D eigenvalue weighted by atomic mass is 35.5. The van der Waals surface area contributed by atoms with E-state index >= 15 is 0 Å². The van der Waals surface area contributed by atoms with Gasteiger partial charge in [0.05, 0.1) is 50.2 Å². The fourth-order valence-corrected chi connectivity index (χ4v) is 4.06. The summed E-state index contributed by atoms with van der Waals surface area (Å²) in [5.41, 5.74) is 5.89. The number of fused-ring (bicyclic) bond motifs is 1. The number of carbonyl (C=O) groups excluding carboxylic acids is 1. The molecule has 0 unspecified atom stereocenters. The lowest BCUT2D eigenvalue weighted by atomic mass is 10.0. The molecule has 1 aromatic carbocycles. The molecule has 0 aliphatic carbocycles. The number of amides is 2. The van der Waals surface area contributed by atoms with Crippen molar-refractivity contribution >= 4 is 29.1 Å². The maximum Gasteiger partial charge on any atom is 0.416 e. The number of hydrogen-bond acceptors (Lipinski definition) is 7. The summed E-state index contributed by atoms with van der Waals surface area (Å²) >= 11 is 6.06. The molecular weight excluding hydrogens is 465 g/mol. The van der Waals surface area contributed by atoms with E-state index < -0.39 is 24.4 Å². The molecule has 2 amide bonds. The van der Waals surface area contributed by atoms with Crippen molar-refractivity contribution in [1.29, 1.82) is 0 Å². The van der Waals surface area contributed by atoms with Crippen LogP contribution in [0.15, 0.2) is 18.2 Å². The summed E-state index contributed by atoms with van der Waals surface area (Å²) in [4.78, 5) is 24.5. The molecule has 9 nitrogen and oxygen atoms in total. The van der Waals surface area contributed by atoms with Crippen molar-refractivity contribution in [1.82, 2.24) is 19.8 Å². The molecule has 1 fully saturated rings. The average molecular weight is 487 g/mol. The number of halogens is 4. The first kappa shape index (κ1) is 23.3. The highest BCUT2D eigenvalue weighted by molar-refractivity contribution is 6.28. The zero-order chi connectivity index (χ0) is 23.8. The summed E-state index contributed by atoms with van der Waals surface area (Å²) in [6.45, 7) is 1.75. The third-order valence-corrected chi connectivity index (χ3v) is 5.68. The number of nitrogens with two attached hydrogens (primary N) is 1. The van der Waals surface area contributed by atoms with Gasteiger partial charge in [0.1, 0.15) is 5.82 Å². The van der Waals surface area contributed by atoms with Crippen LogP contribution < -0.4 is 11.1 Å². The molecule has 178 valence electrons. The van der Waals surface area contributed by atoms with Crippen LogP contribution in [0, 0.1) is 0 Å². The first-order valence-corrected chi connectivity index (χ1v) is 10.6. The van der Waals surface area contributed by atoms with Crippen LogP contribution in [0.3, 0.4) is 0 Å². The summed E-state index contributed by atoms with van der Waals surface area (Å²) < 4.78 is 44.9. The van der Waals surface area contributed by atoms with Crippen molar-refractivity contribution in [2.45, 2.75) is 25.3 Å². The second-order valence-electron chi connectivity index (χ2n) is 7.77. The number of carbonyl (C=O) groups is 1. The molecule has 4 N–H and O–H groups in total. The number of anilines is 2. The largest absolute Gasteiger partial charge is 0.416 e. The van der Waals surface area contributed by atoms with E-state index in [1.165, 1.54) is 6.07 Å². The van der Waals surface area contributed by atoms with E-state index in [2.05, 4.69) is 15.3 Å². The lowest BCUT2D eigenvalue weighted by molar-refractivity contribution is -0.137. The zero-order valence-corrected chi connectivity index (χ0v) is 18.2. The van der Waals surface area contributed by atoms with Crippen molar-refractivity contribution in [2.24, 2.45) is 0 Å². The van der Waals surface area contributed by atoms with Gasteiger partial charge in [0, 0.05) is 24.3 Å². The second kappa shape index (κ2) is 9.20. The Bertz CT molecular complexity index is 1050. The predicted octanol–water partition coefficient (Wildman–Crippen LogP) is 2.64. The van der Waals surface area contributed by atoms with Gasteiger partial charge in [-0.1, -0.05) is 0 Å². The highest BCUT2D eigenvalue weighted by Gasteiger charge is 2.34. The molecule has 3 heterocycles. The maximum absolute atomic E-state index is 13.2. The number of rotatable bonds is 4. The molecule has 0 spiro atoms. The fourth-order valence-electron chi connectivity index (χ4n) is 3.87. The Morgan fingerprint density at radius 2 is 1.94 bits per heavy atom. The van der Waals surface area contributed by atoms with Crippen LogP contribution in [0.25, 0.3) is 0 Å². The molecule has 1 saturated heterocycles. The molecule has 4 rings (SSSR count). The molecule has 0 bridgehead atoms. The molecule has 2 aliphatic rings. The molecule has 1 atom stereocenters. The van der Waals surface area contributed by atoms with Crippen LogP contribution in [0.1, 0.15) is 28.4 Å². The minimum atomic E-state index is -4.59. The van der Waals surface area contributed by atoms with Crippen molar-refractivity contribution in [3.8, 4) is 0 Å². The smallest absolute Gasteiger partial charge is 0.399 e. The van der Waals surface area contributed by atoms with Gasteiger partial charge in [0.2, 0.25) is 5.28 Å². The summed E-state index contributed by atoms with van der Waals surface area (Å²) in [5, 5.41) is 12.8. The number of morpholine rings is 1. The summed E-state index contributed by atoms with van der Waals surface area (Å²) in [7, 11) is 0. The average Bonchev–Trinajstić information content (AvgIpc) is 3.20. The normalized spacial score (nSPS) is 17.1. The van der Waals surface area contributed by atoms with Gasteiger partial charge in [-0.25, -0.2) is 14.8 Å². The first-order valence-electron chi connectivity index (χ1n) is 10.2. The SMILES string of the molecule is Nc1cc([C@@H](CO)Nc2nc(Cl)nc3c2CN(C(=O)N2CCOCC2)C3)cc(C(F)(F)F)c1. The van der Waals surface area contributed by atoms with Gasteiger partial charge in [0.15, 0.2) is 0 Å². The van der Waals surface area contributed by atoms with Crippen LogP contribution in [0.5, 0.6) is 0 Å². The molecule has 0 radical (unpaired) electrons. The molecule has 1 aromatic heterocycles. The van der Waals surface area contributed by atoms with Gasteiger partial charge < -0.3 is 30.7 Å². The lowest BCUT2D eigenvalue weighted by Gasteiger charge is -2.30. The summed E-state index contributed by atoms with van der Waals surface area (Å²) in [6, 6.07) is 1.96. The predicted molar refractivity (Wildman–Crippen MR) is 113 cm³/mol. The van der Waals surface area contributed by atoms with Crippen molar-refractivity contribution in [2.75, 3.05) is 44.0 Å². The number of urea groups is 1. The maximum atomic E-state index is 13.2. The number of nitrogens with zero attached hydrogens (tertiary/aromatic N) is 4. The minimum Gasteiger partial charge on any atom is -0.399 e. The number of aliphatic hydroxyl groups is 1. The molecule has 13 heteroatoms. The molecule has 2 aliphatic heterocycles. The number of nitrogen functional groups attached to an aromatic ring is 1. The van der Waals surface area contributed by atoms with Gasteiger partial charge >= 0.3 is 12.2 Å². The van der Waals surface area contributed by atoms with Crippen LogP contribution >= 0.6 is 11.6 Å². The third-order valence-electron chi connectivity index (χ3n) is 5.51. The number of benzene rings is 1. The monoisotopic (exact) mass is 486 g/mol. The Morgan fingerprint density at radius 1 is 1.21 bits per heavy atom. The number of alkyl halides is 3. The topological polar surface area (TPSA) is 117 Å². The van der Waals surface area contributed by atoms with Crippen LogP contribution in [-0.2, 0) is 24.0 Å². The van der Waals surface area contributed by atoms with Crippen molar-refractivity contribution < 1.29 is 27.8 Å². The quantitative estimate of drug-likeness (QED) is 0.449. The lowest BCUT2D eigenvalue weighted by Crippen LogP contribution is -2.46. The van der Waals surface area contributed by atoms with Gasteiger partial charge in [-0.3, -0.25) is 0 Å². The fraction of sp³-hybridized carbons (Fsp3) is 0.450. The van der Waals surface area contributed by atoms with Crippen LogP contribution in [-0.4, -0.2) is 63.8 Å². The first-order chi connectivity index (χ1) is 15.7. The molecular formula is C20H22ClF3N6O3. The minimum absolute atomic E-state index is 0.0860. The Balaban J connectivity index is 1.59. The van der Waals surface area contributed by atoms with E-state index in [1.54, 1.807) is 9.80 Å². The van der Waals surface area contributed by atoms with Gasteiger partial charge in [-0.05, 0) is 35.4 Å². The standard InChI is InChI=1S/C20H22ClF3N6O3/c21-18-27-15-9-30(19(32)29-1-3-33-4-2-29)8-14(15)17(28-18)26-16(10-31)11-5-12(20(22,23)24)7-13(25)6-11/h5-7,16,31H,1-4,8-10,25H2,(H,26,27,28)/t16-/m1/s1. The van der Waals surface area contributed by atoms with Gasteiger partial charge in [-0.2, -0.15) is 13.2 Å². The van der Waals surface area contributed by atoms with Crippen molar-refractivity contribution in [3.05, 3.63) is 45.9 Å². The Kier molecular flexibility index (Phi) is 6.50. The van der Waals surface area contributed by atoms with Crippen LogP contribution in [0.2, 0.25) is 5.28 Å². The number of hydrogen-bond donors (Lipinski definition) is 3. The van der Waals surface area contributed by atoms with E-state index in [1.807, 2.05) is 0 Å². The van der Waals surface area contributed by atoms with Gasteiger partial charge in [0.25, 0.3) is 0 Å². The third kappa shape index (κ3) is 5.07. The second-order valence-corrected chi connectivity index (χ2v) is 8.11. The Morgan fingerprint density at radius 3 is 2.61 bits per heavy atom. The number of aliphatic hydroxyl groups excluding tert-OH is 1. The van der Waals surface area contributed by atoms with E-state index in [-0.39, 0.29) is 41.5 Å². The zero-order valence-electron chi connectivity index (χ0n) is 17.4. The molecule has 33 heavy (non-hydrogen) atoms. The summed E-state index contributed by atoms with van der Waals surface area (Å²) in [5.74, 6) is 0.234. The van der Waals surface area contributed by atoms with Crippen molar-refractivity contribution in [3.63, 3.8) is 0 Å². The summed E-state index contributed by atoms with van der Waals surface area (Å²) in [6.07, 6.45) is -4.59. The number of nitrogens with one attached hydrogen (secondary N) is 1. The Hall–Kier alpha value is -2.83. The number of aromatic nitrogens is 2. The molecule has 0 saturated carbocycles. The van der Waals surface area contributed by atoms with E-state index in [0.29, 0.717) is 37.6 Å². The number of ether oxygens (including phenoxy) is 1. The van der Waals surface area contributed by atoms with E-state index in [4.69, 9.17) is 22.1 Å². The Labute approximate surface area is 192 Å². The van der Waals surface area contributed by atoms with Gasteiger partial charge in [-0.15, -0.1) is 0 Å². The van der Waals surface area contributed by atoms with E-state index in [0.717, 1.165) is 12.1 Å².